The summed E-state index contributed by atoms with van der Waals surface area (Å²) in [5.74, 6) is 0.243. The Morgan fingerprint density at radius 2 is 2.10 bits per heavy atom. The minimum absolute atomic E-state index is 0.107. The number of hydrogen-bond acceptors (Lipinski definition) is 5. The molecule has 21 heavy (non-hydrogen) atoms. The first-order valence-electron chi connectivity index (χ1n) is 7.00. The van der Waals surface area contributed by atoms with Crippen LogP contribution in [0.15, 0.2) is 0 Å². The highest BCUT2D eigenvalue weighted by Crippen LogP contribution is 2.18. The Balaban J connectivity index is 2.21. The molecule has 1 aliphatic rings. The molecule has 2 heterocycles. The summed E-state index contributed by atoms with van der Waals surface area (Å²) >= 11 is 0. The fourth-order valence-electron chi connectivity index (χ4n) is 2.17. The van der Waals surface area contributed by atoms with Gasteiger partial charge in [-0.05, 0) is 0 Å². The van der Waals surface area contributed by atoms with Crippen LogP contribution in [0.3, 0.4) is 0 Å². The standard InChI is InChI=1S/C13H22N6O2/c1-13(2,3)12-16-9(17-18-12)11(21)19-6-5-15-7-8(19)10(20)14-4/h8,15H,5-7H2,1-4H3,(H,14,20)(H,16,17,18). The van der Waals surface area contributed by atoms with Crippen LogP contribution in [-0.2, 0) is 10.2 Å². The zero-order valence-corrected chi connectivity index (χ0v) is 12.9. The van der Waals surface area contributed by atoms with Crippen molar-refractivity contribution in [2.45, 2.75) is 32.2 Å². The van der Waals surface area contributed by atoms with Gasteiger partial charge in [-0.25, -0.2) is 4.98 Å². The second-order valence-electron chi connectivity index (χ2n) is 6.09. The van der Waals surface area contributed by atoms with Crippen molar-refractivity contribution in [3.8, 4) is 0 Å². The number of H-pyrrole nitrogens is 1. The largest absolute Gasteiger partial charge is 0.357 e. The lowest BCUT2D eigenvalue weighted by Crippen LogP contribution is -2.59. The molecule has 0 aromatic carbocycles. The molecule has 1 aromatic rings. The maximum Gasteiger partial charge on any atom is 0.294 e. The number of nitrogens with one attached hydrogen (secondary N) is 3. The summed E-state index contributed by atoms with van der Waals surface area (Å²) in [6.07, 6.45) is 0. The average Bonchev–Trinajstić information content (AvgIpc) is 2.95. The zero-order chi connectivity index (χ0) is 15.6. The van der Waals surface area contributed by atoms with E-state index in [1.54, 1.807) is 7.05 Å². The molecule has 8 nitrogen and oxygen atoms in total. The number of aromatic nitrogens is 3. The highest BCUT2D eigenvalue weighted by atomic mass is 16.2. The molecule has 2 amide bonds. The Bertz CT molecular complexity index is 533. The van der Waals surface area contributed by atoms with Gasteiger partial charge in [0.2, 0.25) is 11.7 Å². The summed E-state index contributed by atoms with van der Waals surface area (Å²) in [6.45, 7) is 7.49. The van der Waals surface area contributed by atoms with E-state index < -0.39 is 6.04 Å². The van der Waals surface area contributed by atoms with Crippen molar-refractivity contribution in [3.05, 3.63) is 11.6 Å². The van der Waals surface area contributed by atoms with Gasteiger partial charge in [-0.2, -0.15) is 0 Å². The third kappa shape index (κ3) is 3.21. The van der Waals surface area contributed by atoms with Gasteiger partial charge in [-0.1, -0.05) is 20.8 Å². The summed E-state index contributed by atoms with van der Waals surface area (Å²) in [7, 11) is 1.56. The Hall–Kier alpha value is -1.96. The fourth-order valence-corrected chi connectivity index (χ4v) is 2.17. The van der Waals surface area contributed by atoms with Gasteiger partial charge in [-0.3, -0.25) is 14.7 Å². The molecule has 0 spiro atoms. The highest BCUT2D eigenvalue weighted by Gasteiger charge is 2.34. The van der Waals surface area contributed by atoms with E-state index in [1.165, 1.54) is 4.90 Å². The number of carbonyl (C=O) groups excluding carboxylic acids is 2. The van der Waals surface area contributed by atoms with Gasteiger partial charge in [0.25, 0.3) is 5.91 Å². The fraction of sp³-hybridized carbons (Fsp3) is 0.692. The lowest BCUT2D eigenvalue weighted by Gasteiger charge is -2.34. The van der Waals surface area contributed by atoms with Gasteiger partial charge in [0.05, 0.1) is 0 Å². The third-order valence-corrected chi connectivity index (χ3v) is 3.44. The number of piperazine rings is 1. The quantitative estimate of drug-likeness (QED) is 0.667. The van der Waals surface area contributed by atoms with Gasteiger partial charge < -0.3 is 15.5 Å². The van der Waals surface area contributed by atoms with Gasteiger partial charge in [0.1, 0.15) is 11.9 Å². The van der Waals surface area contributed by atoms with Crippen LogP contribution in [0.2, 0.25) is 0 Å². The van der Waals surface area contributed by atoms with E-state index in [2.05, 4.69) is 25.8 Å². The predicted molar refractivity (Wildman–Crippen MR) is 76.8 cm³/mol. The maximum atomic E-state index is 12.5. The Kier molecular flexibility index (Phi) is 4.26. The van der Waals surface area contributed by atoms with Gasteiger partial charge in [-0.15, -0.1) is 5.10 Å². The molecule has 1 fully saturated rings. The van der Waals surface area contributed by atoms with E-state index in [-0.39, 0.29) is 23.1 Å². The van der Waals surface area contributed by atoms with Crippen LogP contribution < -0.4 is 10.6 Å². The van der Waals surface area contributed by atoms with Gasteiger partial charge >= 0.3 is 0 Å². The average molecular weight is 294 g/mol. The highest BCUT2D eigenvalue weighted by molar-refractivity contribution is 5.95. The number of hydrogen-bond donors (Lipinski definition) is 3. The van der Waals surface area contributed by atoms with Crippen molar-refractivity contribution in [2.75, 3.05) is 26.7 Å². The Labute approximate surface area is 123 Å². The summed E-state index contributed by atoms with van der Waals surface area (Å²) in [5, 5.41) is 12.5. The SMILES string of the molecule is CNC(=O)C1CNCCN1C(=O)c1n[nH]c(C(C)(C)C)n1. The first kappa shape index (κ1) is 15.4. The first-order chi connectivity index (χ1) is 9.84. The van der Waals surface area contributed by atoms with Crippen LogP contribution in [0.1, 0.15) is 37.2 Å². The lowest BCUT2D eigenvalue weighted by molar-refractivity contribution is -0.125. The molecule has 1 atom stereocenters. The van der Waals surface area contributed by atoms with E-state index in [0.29, 0.717) is 25.5 Å². The molecular formula is C13H22N6O2. The lowest BCUT2D eigenvalue weighted by atomic mass is 9.96. The van der Waals surface area contributed by atoms with E-state index in [9.17, 15) is 9.59 Å². The molecule has 1 aliphatic heterocycles. The van der Waals surface area contributed by atoms with Crippen molar-refractivity contribution in [2.24, 2.45) is 0 Å². The smallest absolute Gasteiger partial charge is 0.294 e. The van der Waals surface area contributed by atoms with E-state index in [4.69, 9.17) is 0 Å². The number of likely N-dealkylation sites (N-methyl/N-ethyl adjacent to an activating group) is 1. The summed E-state index contributed by atoms with van der Waals surface area (Å²) in [5.41, 5.74) is -0.213. The monoisotopic (exact) mass is 294 g/mol. The summed E-state index contributed by atoms with van der Waals surface area (Å²) in [6, 6.07) is -0.534. The zero-order valence-electron chi connectivity index (χ0n) is 12.9. The number of aromatic amines is 1. The molecule has 8 heteroatoms. The Morgan fingerprint density at radius 3 is 2.67 bits per heavy atom. The number of rotatable bonds is 2. The van der Waals surface area contributed by atoms with Gasteiger partial charge in [0, 0.05) is 32.1 Å². The van der Waals surface area contributed by atoms with Crippen molar-refractivity contribution in [3.63, 3.8) is 0 Å². The normalized spacial score (nSPS) is 19.4. The van der Waals surface area contributed by atoms with Crippen LogP contribution in [0, 0.1) is 0 Å². The number of carbonyl (C=O) groups is 2. The van der Waals surface area contributed by atoms with Crippen LogP contribution in [-0.4, -0.2) is 64.6 Å². The van der Waals surface area contributed by atoms with E-state index >= 15 is 0 Å². The predicted octanol–water partition coefficient (Wildman–Crippen LogP) is -0.738. The van der Waals surface area contributed by atoms with Crippen molar-refractivity contribution in [1.82, 2.24) is 30.7 Å². The topological polar surface area (TPSA) is 103 Å². The van der Waals surface area contributed by atoms with Gasteiger partial charge in [0.15, 0.2) is 0 Å². The van der Waals surface area contributed by atoms with Crippen LogP contribution in [0.25, 0.3) is 0 Å². The van der Waals surface area contributed by atoms with Crippen molar-refractivity contribution >= 4 is 11.8 Å². The molecule has 0 aliphatic carbocycles. The van der Waals surface area contributed by atoms with E-state index in [0.717, 1.165) is 0 Å². The summed E-state index contributed by atoms with van der Waals surface area (Å²) in [4.78, 5) is 30.2. The van der Waals surface area contributed by atoms with E-state index in [1.807, 2.05) is 20.8 Å². The molecule has 2 rings (SSSR count). The molecule has 1 saturated heterocycles. The Morgan fingerprint density at radius 1 is 1.38 bits per heavy atom. The first-order valence-corrected chi connectivity index (χ1v) is 7.00. The van der Waals surface area contributed by atoms with Crippen LogP contribution >= 0.6 is 0 Å². The third-order valence-electron chi connectivity index (χ3n) is 3.44. The van der Waals surface area contributed by atoms with Crippen LogP contribution in [0.5, 0.6) is 0 Å². The summed E-state index contributed by atoms with van der Waals surface area (Å²) < 4.78 is 0. The number of nitrogens with zero attached hydrogens (tertiary/aromatic N) is 3. The molecular weight excluding hydrogens is 272 g/mol. The van der Waals surface area contributed by atoms with Crippen molar-refractivity contribution in [1.29, 1.82) is 0 Å². The molecule has 0 saturated carbocycles. The minimum atomic E-state index is -0.534. The van der Waals surface area contributed by atoms with Crippen LogP contribution in [0.4, 0.5) is 0 Å². The second kappa shape index (κ2) is 5.80. The maximum absolute atomic E-state index is 12.5. The molecule has 116 valence electrons. The van der Waals surface area contributed by atoms with Crippen molar-refractivity contribution < 1.29 is 9.59 Å². The molecule has 3 N–H and O–H groups in total. The number of amides is 2. The minimum Gasteiger partial charge on any atom is -0.357 e. The molecule has 0 radical (unpaired) electrons. The molecule has 0 bridgehead atoms. The molecule has 1 aromatic heterocycles. The second-order valence-corrected chi connectivity index (χ2v) is 6.09. The molecule has 1 unspecified atom stereocenters.